The van der Waals surface area contributed by atoms with Crippen LogP contribution in [0.3, 0.4) is 0 Å². The number of carbonyl (C=O) groups is 1. The number of hydrogen-bond acceptors (Lipinski definition) is 3. The number of ether oxygens (including phenoxy) is 1. The minimum atomic E-state index is -4.33. The Balaban J connectivity index is 1.88. The molecule has 1 aliphatic rings. The van der Waals surface area contributed by atoms with Crippen LogP contribution in [0.25, 0.3) is 0 Å². The van der Waals surface area contributed by atoms with E-state index in [1.54, 1.807) is 11.0 Å². The molecule has 0 N–H and O–H groups in total. The van der Waals surface area contributed by atoms with E-state index in [4.69, 9.17) is 4.74 Å². The van der Waals surface area contributed by atoms with Crippen LogP contribution in [0.1, 0.15) is 31.9 Å². The number of rotatable bonds is 2. The average molecular weight is 344 g/mol. The van der Waals surface area contributed by atoms with Gasteiger partial charge in [0.25, 0.3) is 0 Å². The van der Waals surface area contributed by atoms with Gasteiger partial charge in [0.05, 0.1) is 5.56 Å². The highest BCUT2D eigenvalue weighted by Crippen LogP contribution is 2.29. The van der Waals surface area contributed by atoms with E-state index in [9.17, 15) is 18.0 Å². The maximum absolute atomic E-state index is 12.8. The normalized spacial score (nSPS) is 17.0. The number of piperazine rings is 1. The summed E-state index contributed by atoms with van der Waals surface area (Å²) in [6.07, 6.45) is -4.67. The number of halogens is 3. The molecule has 0 unspecified atom stereocenters. The molecule has 0 bridgehead atoms. The van der Waals surface area contributed by atoms with Crippen LogP contribution in [0.5, 0.6) is 0 Å². The third kappa shape index (κ3) is 5.40. The number of alkyl halides is 3. The summed E-state index contributed by atoms with van der Waals surface area (Å²) in [4.78, 5) is 15.7. The molecule has 1 aromatic rings. The topological polar surface area (TPSA) is 32.8 Å². The molecule has 0 aliphatic carbocycles. The van der Waals surface area contributed by atoms with E-state index < -0.39 is 17.3 Å². The largest absolute Gasteiger partial charge is 0.444 e. The van der Waals surface area contributed by atoms with Gasteiger partial charge in [-0.1, -0.05) is 18.2 Å². The van der Waals surface area contributed by atoms with Crippen molar-refractivity contribution in [3.63, 3.8) is 0 Å². The molecule has 0 radical (unpaired) electrons. The molecule has 134 valence electrons. The van der Waals surface area contributed by atoms with Crippen LogP contribution in [0.4, 0.5) is 18.0 Å². The lowest BCUT2D eigenvalue weighted by Crippen LogP contribution is -2.49. The highest BCUT2D eigenvalue weighted by Gasteiger charge is 2.31. The number of benzene rings is 1. The van der Waals surface area contributed by atoms with Gasteiger partial charge in [0.1, 0.15) is 5.60 Å². The average Bonchev–Trinajstić information content (AvgIpc) is 2.45. The quantitative estimate of drug-likeness (QED) is 0.819. The number of hydrogen-bond donors (Lipinski definition) is 0. The SMILES string of the molecule is CC(C)(C)OC(=O)N1CCN(Cc2cccc(C(F)(F)F)c2)CC1. The van der Waals surface area contributed by atoms with Crippen LogP contribution in [-0.4, -0.2) is 47.7 Å². The highest BCUT2D eigenvalue weighted by atomic mass is 19.4. The van der Waals surface area contributed by atoms with Crippen molar-refractivity contribution in [2.75, 3.05) is 26.2 Å². The van der Waals surface area contributed by atoms with Gasteiger partial charge in [0.2, 0.25) is 0 Å². The molecule has 7 heteroatoms. The van der Waals surface area contributed by atoms with E-state index in [0.717, 1.165) is 6.07 Å². The van der Waals surface area contributed by atoms with E-state index in [-0.39, 0.29) is 6.09 Å². The summed E-state index contributed by atoms with van der Waals surface area (Å²) < 4.78 is 43.6. The number of carbonyl (C=O) groups excluding carboxylic acids is 1. The van der Waals surface area contributed by atoms with Crippen LogP contribution < -0.4 is 0 Å². The van der Waals surface area contributed by atoms with Crippen molar-refractivity contribution in [2.24, 2.45) is 0 Å². The molecule has 1 aliphatic heterocycles. The van der Waals surface area contributed by atoms with E-state index >= 15 is 0 Å². The van der Waals surface area contributed by atoms with E-state index in [0.29, 0.717) is 38.3 Å². The first-order valence-corrected chi connectivity index (χ1v) is 7.91. The van der Waals surface area contributed by atoms with Crippen LogP contribution in [-0.2, 0) is 17.5 Å². The molecule has 24 heavy (non-hydrogen) atoms. The molecule has 0 saturated carbocycles. The van der Waals surface area contributed by atoms with Crippen molar-refractivity contribution in [3.05, 3.63) is 35.4 Å². The van der Waals surface area contributed by atoms with Gasteiger partial charge in [-0.25, -0.2) is 4.79 Å². The fraction of sp³-hybridized carbons (Fsp3) is 0.588. The van der Waals surface area contributed by atoms with Gasteiger partial charge in [-0.2, -0.15) is 13.2 Å². The van der Waals surface area contributed by atoms with Crippen molar-refractivity contribution in [2.45, 2.75) is 39.1 Å². The fourth-order valence-corrected chi connectivity index (χ4v) is 2.52. The first-order chi connectivity index (χ1) is 11.0. The lowest BCUT2D eigenvalue weighted by Gasteiger charge is -2.35. The second kappa shape index (κ2) is 7.01. The second-order valence-corrected chi connectivity index (χ2v) is 6.94. The van der Waals surface area contributed by atoms with Crippen LogP contribution >= 0.6 is 0 Å². The maximum Gasteiger partial charge on any atom is 0.416 e. The van der Waals surface area contributed by atoms with Crippen molar-refractivity contribution < 1.29 is 22.7 Å². The molecule has 1 fully saturated rings. The summed E-state index contributed by atoms with van der Waals surface area (Å²) in [6, 6.07) is 5.37. The summed E-state index contributed by atoms with van der Waals surface area (Å²) >= 11 is 0. The predicted molar refractivity (Wildman–Crippen MR) is 84.5 cm³/mol. The molecule has 1 aromatic carbocycles. The Kier molecular flexibility index (Phi) is 5.42. The first kappa shape index (κ1) is 18.6. The zero-order valence-corrected chi connectivity index (χ0v) is 14.2. The molecule has 1 saturated heterocycles. The smallest absolute Gasteiger partial charge is 0.416 e. The lowest BCUT2D eigenvalue weighted by atomic mass is 10.1. The summed E-state index contributed by atoms with van der Waals surface area (Å²) in [5.74, 6) is 0. The van der Waals surface area contributed by atoms with E-state index in [2.05, 4.69) is 0 Å². The summed E-state index contributed by atoms with van der Waals surface area (Å²) in [6.45, 7) is 8.11. The number of nitrogens with zero attached hydrogens (tertiary/aromatic N) is 2. The Hall–Kier alpha value is -1.76. The molecular formula is C17H23F3N2O2. The standard InChI is InChI=1S/C17H23F3N2O2/c1-16(2,3)24-15(23)22-9-7-21(8-10-22)12-13-5-4-6-14(11-13)17(18,19)20/h4-6,11H,7-10,12H2,1-3H3. The Morgan fingerprint density at radius 3 is 2.29 bits per heavy atom. The highest BCUT2D eigenvalue weighted by molar-refractivity contribution is 5.68. The summed E-state index contributed by atoms with van der Waals surface area (Å²) in [7, 11) is 0. The summed E-state index contributed by atoms with van der Waals surface area (Å²) in [5.41, 5.74) is -0.547. The second-order valence-electron chi connectivity index (χ2n) is 6.94. The minimum absolute atomic E-state index is 0.346. The molecule has 1 amide bonds. The van der Waals surface area contributed by atoms with Gasteiger partial charge < -0.3 is 9.64 Å². The Labute approximate surface area is 140 Å². The fourth-order valence-electron chi connectivity index (χ4n) is 2.52. The number of amides is 1. The lowest BCUT2D eigenvalue weighted by molar-refractivity contribution is -0.137. The van der Waals surface area contributed by atoms with Crippen molar-refractivity contribution in [1.82, 2.24) is 9.80 Å². The monoisotopic (exact) mass is 344 g/mol. The van der Waals surface area contributed by atoms with Crippen molar-refractivity contribution in [1.29, 1.82) is 0 Å². The third-order valence-corrected chi connectivity index (χ3v) is 3.68. The molecule has 0 atom stereocenters. The van der Waals surface area contributed by atoms with Gasteiger partial charge >= 0.3 is 12.3 Å². The van der Waals surface area contributed by atoms with Crippen molar-refractivity contribution >= 4 is 6.09 Å². The summed E-state index contributed by atoms with van der Waals surface area (Å²) in [5, 5.41) is 0. The van der Waals surface area contributed by atoms with Crippen LogP contribution in [0.15, 0.2) is 24.3 Å². The van der Waals surface area contributed by atoms with Gasteiger partial charge in [0.15, 0.2) is 0 Å². The Morgan fingerprint density at radius 2 is 1.75 bits per heavy atom. The van der Waals surface area contributed by atoms with Crippen molar-refractivity contribution in [3.8, 4) is 0 Å². The zero-order valence-electron chi connectivity index (χ0n) is 14.2. The minimum Gasteiger partial charge on any atom is -0.444 e. The van der Waals surface area contributed by atoms with Crippen LogP contribution in [0, 0.1) is 0 Å². The van der Waals surface area contributed by atoms with Gasteiger partial charge in [-0.15, -0.1) is 0 Å². The molecule has 0 spiro atoms. The Morgan fingerprint density at radius 1 is 1.12 bits per heavy atom. The first-order valence-electron chi connectivity index (χ1n) is 7.91. The predicted octanol–water partition coefficient (Wildman–Crippen LogP) is 3.76. The van der Waals surface area contributed by atoms with E-state index in [1.807, 2.05) is 25.7 Å². The molecule has 4 nitrogen and oxygen atoms in total. The molecule has 0 aromatic heterocycles. The zero-order chi connectivity index (χ0) is 18.0. The molecular weight excluding hydrogens is 321 g/mol. The van der Waals surface area contributed by atoms with E-state index in [1.165, 1.54) is 12.1 Å². The molecule has 1 heterocycles. The van der Waals surface area contributed by atoms with Crippen LogP contribution in [0.2, 0.25) is 0 Å². The molecule has 2 rings (SSSR count). The Bertz CT molecular complexity index is 574. The van der Waals surface area contributed by atoms with Gasteiger partial charge in [-0.3, -0.25) is 4.90 Å². The maximum atomic E-state index is 12.8. The third-order valence-electron chi connectivity index (χ3n) is 3.68. The van der Waals surface area contributed by atoms with Gasteiger partial charge in [0, 0.05) is 32.7 Å². The van der Waals surface area contributed by atoms with Gasteiger partial charge in [-0.05, 0) is 32.4 Å².